The number of benzene rings is 1. The summed E-state index contributed by atoms with van der Waals surface area (Å²) in [4.78, 5) is 37.3. The maximum atomic E-state index is 12.4. The van der Waals surface area contributed by atoms with Crippen LogP contribution in [0.4, 0.5) is 11.4 Å². The third-order valence-corrected chi connectivity index (χ3v) is 5.18. The molecule has 1 heterocycles. The molecule has 1 saturated heterocycles. The lowest BCUT2D eigenvalue weighted by molar-refractivity contribution is -0.384. The third kappa shape index (κ3) is 4.56. The highest BCUT2D eigenvalue weighted by atomic mass is 16.6. The van der Waals surface area contributed by atoms with Crippen molar-refractivity contribution < 1.29 is 19.2 Å². The van der Waals surface area contributed by atoms with Crippen molar-refractivity contribution in [1.82, 2.24) is 4.90 Å². The molecule has 8 nitrogen and oxygen atoms in total. The lowest BCUT2D eigenvalue weighted by Gasteiger charge is -2.38. The number of nitrogens with one attached hydrogen (secondary N) is 1. The maximum absolute atomic E-state index is 12.4. The SMILES string of the molecule is C[C@@H]1CCC[C@@H](C)N1C(=O)COC(=O)c1ccc(NC2CC2)c([N+](=O)[O-])c1. The molecule has 0 spiro atoms. The largest absolute Gasteiger partial charge is 0.452 e. The van der Waals surface area contributed by atoms with Crippen molar-refractivity contribution in [3.8, 4) is 0 Å². The Morgan fingerprint density at radius 2 is 1.89 bits per heavy atom. The molecule has 1 aliphatic heterocycles. The van der Waals surface area contributed by atoms with Gasteiger partial charge in [0, 0.05) is 24.2 Å². The molecule has 2 aliphatic rings. The average Bonchev–Trinajstić information content (AvgIpc) is 3.43. The van der Waals surface area contributed by atoms with E-state index in [1.807, 2.05) is 13.8 Å². The van der Waals surface area contributed by atoms with Crippen LogP contribution < -0.4 is 5.32 Å². The van der Waals surface area contributed by atoms with E-state index in [9.17, 15) is 19.7 Å². The topological polar surface area (TPSA) is 102 Å². The summed E-state index contributed by atoms with van der Waals surface area (Å²) in [6.45, 7) is 3.62. The van der Waals surface area contributed by atoms with Crippen LogP contribution in [-0.4, -0.2) is 46.4 Å². The molecule has 1 saturated carbocycles. The average molecular weight is 375 g/mol. The van der Waals surface area contributed by atoms with Gasteiger partial charge in [-0.3, -0.25) is 14.9 Å². The number of ether oxygens (including phenoxy) is 1. The minimum atomic E-state index is -0.735. The van der Waals surface area contributed by atoms with Gasteiger partial charge in [-0.1, -0.05) is 0 Å². The van der Waals surface area contributed by atoms with Gasteiger partial charge in [-0.25, -0.2) is 4.79 Å². The molecule has 27 heavy (non-hydrogen) atoms. The van der Waals surface area contributed by atoms with E-state index in [1.54, 1.807) is 4.90 Å². The first kappa shape index (κ1) is 19.1. The summed E-state index contributed by atoms with van der Waals surface area (Å²) in [5.74, 6) is -0.966. The highest BCUT2D eigenvalue weighted by Crippen LogP contribution is 2.31. The summed E-state index contributed by atoms with van der Waals surface area (Å²) >= 11 is 0. The molecule has 1 aliphatic carbocycles. The van der Waals surface area contributed by atoms with Gasteiger partial charge in [-0.2, -0.15) is 0 Å². The zero-order valence-corrected chi connectivity index (χ0v) is 15.6. The quantitative estimate of drug-likeness (QED) is 0.466. The van der Waals surface area contributed by atoms with E-state index in [1.165, 1.54) is 18.2 Å². The Labute approximate surface area is 158 Å². The molecule has 1 aromatic rings. The van der Waals surface area contributed by atoms with E-state index in [2.05, 4.69) is 5.32 Å². The van der Waals surface area contributed by atoms with Crippen LogP contribution in [0.5, 0.6) is 0 Å². The Morgan fingerprint density at radius 1 is 1.22 bits per heavy atom. The molecular weight excluding hydrogens is 350 g/mol. The first-order chi connectivity index (χ1) is 12.9. The van der Waals surface area contributed by atoms with Gasteiger partial charge in [0.2, 0.25) is 0 Å². The van der Waals surface area contributed by atoms with Crippen molar-refractivity contribution in [2.24, 2.45) is 0 Å². The molecule has 0 aromatic heterocycles. The number of hydrogen-bond acceptors (Lipinski definition) is 6. The highest BCUT2D eigenvalue weighted by molar-refractivity contribution is 5.93. The van der Waals surface area contributed by atoms with Crippen LogP contribution in [0.25, 0.3) is 0 Å². The number of nitrogens with zero attached hydrogens (tertiary/aromatic N) is 2. The van der Waals surface area contributed by atoms with Crippen LogP contribution in [0.15, 0.2) is 18.2 Å². The van der Waals surface area contributed by atoms with Gasteiger partial charge >= 0.3 is 5.97 Å². The van der Waals surface area contributed by atoms with Gasteiger partial charge in [0.15, 0.2) is 6.61 Å². The monoisotopic (exact) mass is 375 g/mol. The van der Waals surface area contributed by atoms with Crippen molar-refractivity contribution >= 4 is 23.3 Å². The maximum Gasteiger partial charge on any atom is 0.338 e. The third-order valence-electron chi connectivity index (χ3n) is 5.18. The van der Waals surface area contributed by atoms with Gasteiger partial charge in [-0.15, -0.1) is 0 Å². The molecule has 1 aromatic carbocycles. The van der Waals surface area contributed by atoms with E-state index in [4.69, 9.17) is 4.74 Å². The lowest BCUT2D eigenvalue weighted by atomic mass is 9.97. The number of anilines is 1. The number of esters is 1. The summed E-state index contributed by atoms with van der Waals surface area (Å²) in [7, 11) is 0. The fourth-order valence-corrected chi connectivity index (χ4v) is 3.58. The molecule has 2 fully saturated rings. The number of carbonyl (C=O) groups is 2. The number of carbonyl (C=O) groups excluding carboxylic acids is 2. The minimum Gasteiger partial charge on any atom is -0.452 e. The normalized spacial score (nSPS) is 22.2. The molecule has 0 radical (unpaired) electrons. The zero-order chi connectivity index (χ0) is 19.6. The van der Waals surface area contributed by atoms with Crippen LogP contribution in [0, 0.1) is 10.1 Å². The second kappa shape index (κ2) is 7.94. The van der Waals surface area contributed by atoms with Crippen molar-refractivity contribution in [3.63, 3.8) is 0 Å². The number of hydrogen-bond donors (Lipinski definition) is 1. The Morgan fingerprint density at radius 3 is 2.48 bits per heavy atom. The van der Waals surface area contributed by atoms with Crippen LogP contribution in [0.3, 0.4) is 0 Å². The second-order valence-corrected chi connectivity index (χ2v) is 7.41. The van der Waals surface area contributed by atoms with E-state index in [0.29, 0.717) is 5.69 Å². The fourth-order valence-electron chi connectivity index (χ4n) is 3.58. The van der Waals surface area contributed by atoms with Crippen LogP contribution in [0.1, 0.15) is 56.3 Å². The summed E-state index contributed by atoms with van der Waals surface area (Å²) in [5, 5.41) is 14.4. The molecule has 146 valence electrons. The Bertz CT molecular complexity index is 737. The van der Waals surface area contributed by atoms with E-state index in [-0.39, 0.29) is 41.9 Å². The summed E-state index contributed by atoms with van der Waals surface area (Å²) in [6, 6.07) is 4.69. The smallest absolute Gasteiger partial charge is 0.338 e. The number of amides is 1. The number of nitro benzene ring substituents is 1. The van der Waals surface area contributed by atoms with Crippen LogP contribution in [-0.2, 0) is 9.53 Å². The zero-order valence-electron chi connectivity index (χ0n) is 15.6. The standard InChI is InChI=1S/C19H25N3O5/c1-12-4-3-5-13(2)21(12)18(23)11-27-19(24)14-6-9-16(20-15-7-8-15)17(10-14)22(25)26/h6,9-10,12-13,15,20H,3-5,7-8,11H2,1-2H3/t12-,13-/m1/s1. The Balaban J connectivity index is 1.64. The molecule has 1 N–H and O–H groups in total. The van der Waals surface area contributed by atoms with Crippen molar-refractivity contribution in [3.05, 3.63) is 33.9 Å². The Hall–Kier alpha value is -2.64. The molecular formula is C19H25N3O5. The van der Waals surface area contributed by atoms with Crippen LogP contribution >= 0.6 is 0 Å². The van der Waals surface area contributed by atoms with Gasteiger partial charge in [0.1, 0.15) is 5.69 Å². The number of rotatable bonds is 6. The number of piperidine rings is 1. The first-order valence-electron chi connectivity index (χ1n) is 9.40. The van der Waals surface area contributed by atoms with Crippen molar-refractivity contribution in [2.45, 2.75) is 64.1 Å². The summed E-state index contributed by atoms with van der Waals surface area (Å²) < 4.78 is 5.13. The molecule has 2 atom stereocenters. The van der Waals surface area contributed by atoms with Gasteiger partial charge < -0.3 is 15.0 Å². The summed E-state index contributed by atoms with van der Waals surface area (Å²) in [6.07, 6.45) is 4.92. The van der Waals surface area contributed by atoms with E-state index in [0.717, 1.165) is 32.1 Å². The summed E-state index contributed by atoms with van der Waals surface area (Å²) in [5.41, 5.74) is 0.294. The molecule has 0 bridgehead atoms. The highest BCUT2D eigenvalue weighted by Gasteiger charge is 2.30. The minimum absolute atomic E-state index is 0.0654. The predicted octanol–water partition coefficient (Wildman–Crippen LogP) is 3.12. The predicted molar refractivity (Wildman–Crippen MR) is 99.6 cm³/mol. The number of likely N-dealkylation sites (tertiary alicyclic amines) is 1. The van der Waals surface area contributed by atoms with Gasteiger partial charge in [-0.05, 0) is 58.1 Å². The van der Waals surface area contributed by atoms with Crippen molar-refractivity contribution in [1.29, 1.82) is 0 Å². The number of nitro groups is 1. The molecule has 3 rings (SSSR count). The molecule has 8 heteroatoms. The van der Waals surface area contributed by atoms with Crippen LogP contribution in [0.2, 0.25) is 0 Å². The molecule has 1 amide bonds. The molecule has 0 unspecified atom stereocenters. The van der Waals surface area contributed by atoms with E-state index >= 15 is 0 Å². The van der Waals surface area contributed by atoms with Gasteiger partial charge in [0.05, 0.1) is 10.5 Å². The Kier molecular flexibility index (Phi) is 5.62. The van der Waals surface area contributed by atoms with Gasteiger partial charge in [0.25, 0.3) is 11.6 Å². The lowest BCUT2D eigenvalue weighted by Crippen LogP contribution is -2.49. The fraction of sp³-hybridized carbons (Fsp3) is 0.579. The second-order valence-electron chi connectivity index (χ2n) is 7.41. The van der Waals surface area contributed by atoms with Crippen molar-refractivity contribution in [2.75, 3.05) is 11.9 Å². The first-order valence-corrected chi connectivity index (χ1v) is 9.40. The van der Waals surface area contributed by atoms with E-state index < -0.39 is 10.9 Å².